The molecule has 19 heavy (non-hydrogen) atoms. The van der Waals surface area contributed by atoms with E-state index in [-0.39, 0.29) is 17.6 Å². The highest BCUT2D eigenvalue weighted by Gasteiger charge is 2.20. The number of nitrogens with two attached hydrogens (primary N) is 1. The lowest BCUT2D eigenvalue weighted by Crippen LogP contribution is -2.13. The molecule has 0 aliphatic heterocycles. The average Bonchev–Trinajstić information content (AvgIpc) is 2.81. The molecule has 0 fully saturated rings. The zero-order chi connectivity index (χ0) is 13.8. The van der Waals surface area contributed by atoms with Gasteiger partial charge in [0.2, 0.25) is 0 Å². The first-order valence-corrected chi connectivity index (χ1v) is 6.05. The van der Waals surface area contributed by atoms with Crippen molar-refractivity contribution in [3.63, 3.8) is 0 Å². The Morgan fingerprint density at radius 1 is 1.47 bits per heavy atom. The fourth-order valence-electron chi connectivity index (χ4n) is 1.80. The van der Waals surface area contributed by atoms with Crippen LogP contribution in [0.15, 0.2) is 30.7 Å². The minimum atomic E-state index is -0.507. The minimum Gasteiger partial charge on any atom is -0.461 e. The maximum Gasteiger partial charge on any atom is 0.360 e. The Labute approximate surface area is 111 Å². The summed E-state index contributed by atoms with van der Waals surface area (Å²) in [6, 6.07) is 5.54. The molecule has 0 aliphatic carbocycles. The number of anilines is 1. The maximum atomic E-state index is 11.6. The van der Waals surface area contributed by atoms with Gasteiger partial charge in [0.25, 0.3) is 0 Å². The van der Waals surface area contributed by atoms with Crippen LogP contribution in [0.4, 0.5) is 5.82 Å². The van der Waals surface area contributed by atoms with Gasteiger partial charge in [-0.3, -0.25) is 4.98 Å². The van der Waals surface area contributed by atoms with Crippen LogP contribution >= 0.6 is 0 Å². The van der Waals surface area contributed by atoms with Crippen molar-refractivity contribution in [1.29, 1.82) is 0 Å². The Hall–Kier alpha value is -2.37. The van der Waals surface area contributed by atoms with Crippen LogP contribution in [0.5, 0.6) is 0 Å². The molecule has 2 aromatic heterocycles. The zero-order valence-electron chi connectivity index (χ0n) is 10.9. The number of pyridine rings is 1. The summed E-state index contributed by atoms with van der Waals surface area (Å²) in [5.74, 6) is -0.219. The van der Waals surface area contributed by atoms with E-state index < -0.39 is 5.97 Å². The van der Waals surface area contributed by atoms with E-state index in [9.17, 15) is 4.79 Å². The van der Waals surface area contributed by atoms with Crippen molar-refractivity contribution in [2.24, 2.45) is 0 Å². The first-order chi connectivity index (χ1) is 9.15. The number of hydrogen-bond donors (Lipinski definition) is 1. The molecule has 0 bridgehead atoms. The third kappa shape index (κ3) is 2.57. The van der Waals surface area contributed by atoms with Crippen LogP contribution in [-0.4, -0.2) is 27.1 Å². The number of nitrogens with zero attached hydrogens (tertiary/aromatic N) is 3. The summed E-state index contributed by atoms with van der Waals surface area (Å²) in [5, 5.41) is 0. The van der Waals surface area contributed by atoms with E-state index in [4.69, 9.17) is 10.5 Å². The Balaban J connectivity index is 2.29. The highest BCUT2D eigenvalue weighted by Crippen LogP contribution is 2.21. The van der Waals surface area contributed by atoms with Gasteiger partial charge >= 0.3 is 5.97 Å². The molecule has 0 radical (unpaired) electrons. The zero-order valence-corrected chi connectivity index (χ0v) is 10.9. The summed E-state index contributed by atoms with van der Waals surface area (Å²) in [6.07, 6.45) is 3.24. The molecule has 0 saturated carbocycles. The summed E-state index contributed by atoms with van der Waals surface area (Å²) < 4.78 is 6.60. The second-order valence-electron chi connectivity index (χ2n) is 4.04. The number of carbonyl (C=O) groups excluding carboxylic acids is 1. The van der Waals surface area contributed by atoms with E-state index >= 15 is 0 Å². The van der Waals surface area contributed by atoms with Crippen molar-refractivity contribution in [2.75, 3.05) is 12.3 Å². The highest BCUT2D eigenvalue weighted by molar-refractivity contribution is 5.92. The van der Waals surface area contributed by atoms with Crippen LogP contribution in [0.1, 0.15) is 36.1 Å². The predicted molar refractivity (Wildman–Crippen MR) is 70.6 cm³/mol. The fourth-order valence-corrected chi connectivity index (χ4v) is 1.80. The van der Waals surface area contributed by atoms with E-state index in [1.165, 1.54) is 6.33 Å². The molecule has 6 nitrogen and oxygen atoms in total. The summed E-state index contributed by atoms with van der Waals surface area (Å²) in [7, 11) is 0. The van der Waals surface area contributed by atoms with Gasteiger partial charge in [0.1, 0.15) is 5.82 Å². The van der Waals surface area contributed by atoms with Crippen LogP contribution in [0.25, 0.3) is 0 Å². The third-order valence-corrected chi connectivity index (χ3v) is 2.83. The van der Waals surface area contributed by atoms with Gasteiger partial charge in [-0.25, -0.2) is 9.78 Å². The van der Waals surface area contributed by atoms with Gasteiger partial charge in [-0.05, 0) is 26.0 Å². The molecule has 1 unspecified atom stereocenters. The van der Waals surface area contributed by atoms with Crippen LogP contribution in [0.3, 0.4) is 0 Å². The summed E-state index contributed by atoms with van der Waals surface area (Å²) in [6.45, 7) is 3.97. The second-order valence-corrected chi connectivity index (χ2v) is 4.04. The Morgan fingerprint density at radius 3 is 2.89 bits per heavy atom. The van der Waals surface area contributed by atoms with Crippen molar-refractivity contribution in [1.82, 2.24) is 14.5 Å². The first-order valence-electron chi connectivity index (χ1n) is 6.05. The van der Waals surface area contributed by atoms with E-state index in [2.05, 4.69) is 9.97 Å². The smallest absolute Gasteiger partial charge is 0.360 e. The first kappa shape index (κ1) is 13.1. The SMILES string of the molecule is CCOC(=O)c1ncn(C(C)c2ccccn2)c1N. The third-order valence-electron chi connectivity index (χ3n) is 2.83. The predicted octanol–water partition coefficient (Wildman–Crippen LogP) is 1.65. The topological polar surface area (TPSA) is 83.0 Å². The molecule has 0 amide bonds. The summed E-state index contributed by atoms with van der Waals surface area (Å²) >= 11 is 0. The summed E-state index contributed by atoms with van der Waals surface area (Å²) in [5.41, 5.74) is 6.94. The van der Waals surface area contributed by atoms with Crippen LogP contribution in [-0.2, 0) is 4.74 Å². The van der Waals surface area contributed by atoms with Crippen LogP contribution in [0, 0.1) is 0 Å². The van der Waals surface area contributed by atoms with Crippen molar-refractivity contribution < 1.29 is 9.53 Å². The molecule has 0 spiro atoms. The molecule has 2 N–H and O–H groups in total. The minimum absolute atomic E-state index is 0.100. The van der Waals surface area contributed by atoms with Crippen molar-refractivity contribution >= 4 is 11.8 Å². The quantitative estimate of drug-likeness (QED) is 0.845. The highest BCUT2D eigenvalue weighted by atomic mass is 16.5. The monoisotopic (exact) mass is 260 g/mol. The molecule has 6 heteroatoms. The molecule has 100 valence electrons. The molecule has 2 rings (SSSR count). The van der Waals surface area contributed by atoms with Gasteiger partial charge in [-0.2, -0.15) is 0 Å². The Morgan fingerprint density at radius 2 is 2.26 bits per heavy atom. The largest absolute Gasteiger partial charge is 0.461 e. The number of hydrogen-bond acceptors (Lipinski definition) is 5. The van der Waals surface area contributed by atoms with Crippen molar-refractivity contribution in [3.8, 4) is 0 Å². The van der Waals surface area contributed by atoms with E-state index in [1.54, 1.807) is 17.7 Å². The molecule has 2 heterocycles. The van der Waals surface area contributed by atoms with Crippen molar-refractivity contribution in [3.05, 3.63) is 42.1 Å². The number of carbonyl (C=O) groups is 1. The molecule has 0 saturated heterocycles. The molecule has 0 aliphatic rings. The number of ether oxygens (including phenoxy) is 1. The molecule has 2 aromatic rings. The van der Waals surface area contributed by atoms with Gasteiger partial charge in [0.15, 0.2) is 5.69 Å². The van der Waals surface area contributed by atoms with Crippen LogP contribution in [0.2, 0.25) is 0 Å². The van der Waals surface area contributed by atoms with E-state index in [1.807, 2.05) is 25.1 Å². The number of esters is 1. The van der Waals surface area contributed by atoms with Crippen molar-refractivity contribution in [2.45, 2.75) is 19.9 Å². The van der Waals surface area contributed by atoms with Crippen LogP contribution < -0.4 is 5.73 Å². The molecular formula is C13H16N4O2. The van der Waals surface area contributed by atoms with Gasteiger partial charge in [0, 0.05) is 6.20 Å². The lowest BCUT2D eigenvalue weighted by Gasteiger charge is -2.14. The number of rotatable bonds is 4. The summed E-state index contributed by atoms with van der Waals surface area (Å²) in [4.78, 5) is 19.9. The van der Waals surface area contributed by atoms with E-state index in [0.717, 1.165) is 5.69 Å². The molecule has 1 atom stereocenters. The lowest BCUT2D eigenvalue weighted by atomic mass is 10.2. The van der Waals surface area contributed by atoms with Gasteiger partial charge in [-0.15, -0.1) is 0 Å². The fraction of sp³-hybridized carbons (Fsp3) is 0.308. The second kappa shape index (κ2) is 5.51. The Kier molecular flexibility index (Phi) is 3.79. The lowest BCUT2D eigenvalue weighted by molar-refractivity contribution is 0.0521. The number of aromatic nitrogens is 3. The number of nitrogen functional groups attached to an aromatic ring is 1. The molecule has 0 aromatic carbocycles. The normalized spacial score (nSPS) is 12.1. The number of imidazole rings is 1. The standard InChI is InChI=1S/C13H16N4O2/c1-3-19-13(18)11-12(14)17(8-16-11)9(2)10-6-4-5-7-15-10/h4-9H,3,14H2,1-2H3. The van der Waals surface area contributed by atoms with Gasteiger partial charge < -0.3 is 15.0 Å². The maximum absolute atomic E-state index is 11.6. The average molecular weight is 260 g/mol. The van der Waals surface area contributed by atoms with Gasteiger partial charge in [-0.1, -0.05) is 6.07 Å². The Bertz CT molecular complexity index is 565. The molecular weight excluding hydrogens is 244 g/mol. The van der Waals surface area contributed by atoms with E-state index in [0.29, 0.717) is 6.61 Å². The van der Waals surface area contributed by atoms with Gasteiger partial charge in [0.05, 0.1) is 24.7 Å².